The molecule has 6 rings (SSSR count). The number of phenolic OH excluding ortho intramolecular Hbond substituents is 3. The molecule has 3 N–H and O–H groups in total. The Bertz CT molecular complexity index is 1790. The minimum Gasteiger partial charge on any atom is -0.508 e. The predicted octanol–water partition coefficient (Wildman–Crippen LogP) is 7.18. The number of fused-ring (bicyclic) bond motifs is 5. The Hall–Kier alpha value is -4.84. The van der Waals surface area contributed by atoms with Gasteiger partial charge in [0.2, 0.25) is 5.88 Å². The third-order valence-electron chi connectivity index (χ3n) is 6.50. The van der Waals surface area contributed by atoms with Gasteiger partial charge in [0, 0.05) is 23.8 Å². The molecule has 182 valence electrons. The molecule has 0 amide bonds. The summed E-state index contributed by atoms with van der Waals surface area (Å²) in [6.07, 6.45) is 0.787. The molecule has 6 nitrogen and oxygen atoms in total. The molecule has 0 saturated heterocycles. The number of hydrogen-bond acceptors (Lipinski definition) is 6. The zero-order valence-electron chi connectivity index (χ0n) is 20.1. The summed E-state index contributed by atoms with van der Waals surface area (Å²) in [5.74, 6) is -0.489. The molecular weight excluding hydrogens is 464 g/mol. The summed E-state index contributed by atoms with van der Waals surface area (Å²) >= 11 is 0. The fourth-order valence-electron chi connectivity index (χ4n) is 4.85. The summed E-state index contributed by atoms with van der Waals surface area (Å²) < 4.78 is 5.89. The van der Waals surface area contributed by atoms with Crippen LogP contribution in [-0.4, -0.2) is 31.9 Å². The normalized spacial score (nSPS) is 11.4. The van der Waals surface area contributed by atoms with E-state index in [9.17, 15) is 15.3 Å². The third kappa shape index (κ3) is 3.93. The van der Waals surface area contributed by atoms with Gasteiger partial charge in [-0.05, 0) is 44.8 Å². The Balaban J connectivity index is 1.68. The number of phenols is 3. The Morgan fingerprint density at radius 2 is 1.35 bits per heavy atom. The monoisotopic (exact) mass is 488 g/mol. The van der Waals surface area contributed by atoms with E-state index in [0.717, 1.165) is 56.4 Å². The lowest BCUT2D eigenvalue weighted by Gasteiger charge is -2.15. The van der Waals surface area contributed by atoms with Gasteiger partial charge in [0.1, 0.15) is 22.8 Å². The average Bonchev–Trinajstić information content (AvgIpc) is 2.90. The first-order chi connectivity index (χ1) is 18.0. The standard InChI is InChI=1S/C31H24N2O4/c1-2-13-37-29-17-26(32-31(33-29)30-27(35)14-19(34)15-28(30)36)25-16-24-20-8-4-3-7-18(20)11-12-23(24)21-9-5-6-10-22(21)25/h3-12,14-17,34-36H,2,13H2,1H3. The number of aromatic nitrogens is 2. The number of rotatable bonds is 5. The van der Waals surface area contributed by atoms with Crippen molar-refractivity contribution >= 4 is 32.3 Å². The maximum Gasteiger partial charge on any atom is 0.217 e. The third-order valence-corrected chi connectivity index (χ3v) is 6.50. The van der Waals surface area contributed by atoms with Gasteiger partial charge in [-0.2, -0.15) is 4.98 Å². The van der Waals surface area contributed by atoms with Crippen LogP contribution in [0, 0.1) is 0 Å². The first-order valence-electron chi connectivity index (χ1n) is 12.1. The van der Waals surface area contributed by atoms with E-state index in [0.29, 0.717) is 18.2 Å². The largest absolute Gasteiger partial charge is 0.508 e. The molecule has 0 radical (unpaired) electrons. The van der Waals surface area contributed by atoms with Crippen molar-refractivity contribution in [3.05, 3.63) is 84.9 Å². The summed E-state index contributed by atoms with van der Waals surface area (Å²) in [4.78, 5) is 9.25. The van der Waals surface area contributed by atoms with Crippen LogP contribution in [0.1, 0.15) is 13.3 Å². The highest BCUT2D eigenvalue weighted by atomic mass is 16.5. The summed E-state index contributed by atoms with van der Waals surface area (Å²) in [7, 11) is 0. The lowest BCUT2D eigenvalue weighted by atomic mass is 9.92. The number of nitrogens with zero attached hydrogens (tertiary/aromatic N) is 2. The van der Waals surface area contributed by atoms with Crippen molar-refractivity contribution < 1.29 is 20.1 Å². The summed E-state index contributed by atoms with van der Waals surface area (Å²) in [6.45, 7) is 2.45. The zero-order valence-corrected chi connectivity index (χ0v) is 20.1. The first-order valence-corrected chi connectivity index (χ1v) is 12.1. The van der Waals surface area contributed by atoms with Crippen molar-refractivity contribution in [2.24, 2.45) is 0 Å². The Labute approximate surface area is 213 Å². The van der Waals surface area contributed by atoms with E-state index in [2.05, 4.69) is 47.4 Å². The minimum absolute atomic E-state index is 0.0246. The summed E-state index contributed by atoms with van der Waals surface area (Å²) in [5, 5.41) is 37.5. The van der Waals surface area contributed by atoms with Gasteiger partial charge in [-0.1, -0.05) is 67.6 Å². The highest BCUT2D eigenvalue weighted by Gasteiger charge is 2.19. The molecule has 0 aliphatic carbocycles. The Morgan fingerprint density at radius 1 is 0.676 bits per heavy atom. The van der Waals surface area contributed by atoms with Crippen molar-refractivity contribution in [2.45, 2.75) is 13.3 Å². The number of aromatic hydroxyl groups is 3. The maximum absolute atomic E-state index is 10.5. The number of ether oxygens (including phenoxy) is 1. The van der Waals surface area contributed by atoms with Crippen LogP contribution >= 0.6 is 0 Å². The van der Waals surface area contributed by atoms with Crippen LogP contribution in [0.25, 0.3) is 55.0 Å². The van der Waals surface area contributed by atoms with E-state index in [1.165, 1.54) is 0 Å². The second kappa shape index (κ2) is 8.99. The van der Waals surface area contributed by atoms with E-state index in [4.69, 9.17) is 9.72 Å². The van der Waals surface area contributed by atoms with Crippen molar-refractivity contribution in [3.8, 4) is 45.8 Å². The molecule has 1 heterocycles. The fraction of sp³-hybridized carbons (Fsp3) is 0.0968. The predicted molar refractivity (Wildman–Crippen MR) is 146 cm³/mol. The molecule has 6 heteroatoms. The Kier molecular flexibility index (Phi) is 5.49. The first kappa shape index (κ1) is 22.6. The van der Waals surface area contributed by atoms with Crippen LogP contribution < -0.4 is 4.74 Å². The van der Waals surface area contributed by atoms with Gasteiger partial charge in [-0.3, -0.25) is 0 Å². The van der Waals surface area contributed by atoms with Crippen LogP contribution in [0.3, 0.4) is 0 Å². The van der Waals surface area contributed by atoms with Crippen LogP contribution in [0.15, 0.2) is 84.9 Å². The average molecular weight is 489 g/mol. The van der Waals surface area contributed by atoms with Crippen molar-refractivity contribution in [2.75, 3.05) is 6.61 Å². The van der Waals surface area contributed by atoms with E-state index < -0.39 is 0 Å². The van der Waals surface area contributed by atoms with Crippen molar-refractivity contribution in [1.29, 1.82) is 0 Å². The SMILES string of the molecule is CCCOc1cc(-c2cc3c4ccccc4ccc3c3ccccc23)nc(-c2c(O)cc(O)cc2O)n1. The van der Waals surface area contributed by atoms with E-state index in [1.807, 2.05) is 31.2 Å². The molecule has 0 aliphatic rings. The lowest BCUT2D eigenvalue weighted by Crippen LogP contribution is -2.01. The minimum atomic E-state index is -0.328. The molecule has 5 aromatic carbocycles. The molecule has 0 unspecified atom stereocenters. The van der Waals surface area contributed by atoms with Crippen molar-refractivity contribution in [3.63, 3.8) is 0 Å². The molecule has 0 bridgehead atoms. The van der Waals surface area contributed by atoms with Gasteiger partial charge in [0.15, 0.2) is 5.82 Å². The Morgan fingerprint density at radius 3 is 2.11 bits per heavy atom. The van der Waals surface area contributed by atoms with Gasteiger partial charge in [-0.25, -0.2) is 4.98 Å². The molecule has 0 spiro atoms. The molecule has 0 atom stereocenters. The molecule has 37 heavy (non-hydrogen) atoms. The van der Waals surface area contributed by atoms with E-state index in [-0.39, 0.29) is 28.6 Å². The van der Waals surface area contributed by atoms with Gasteiger partial charge in [0.05, 0.1) is 12.3 Å². The van der Waals surface area contributed by atoms with Crippen LogP contribution in [-0.2, 0) is 0 Å². The lowest BCUT2D eigenvalue weighted by molar-refractivity contribution is 0.305. The second-order valence-electron chi connectivity index (χ2n) is 8.97. The van der Waals surface area contributed by atoms with Gasteiger partial charge in [0.25, 0.3) is 0 Å². The summed E-state index contributed by atoms with van der Waals surface area (Å²) in [5.41, 5.74) is 1.49. The van der Waals surface area contributed by atoms with Gasteiger partial charge >= 0.3 is 0 Å². The molecular formula is C31H24N2O4. The second-order valence-corrected chi connectivity index (χ2v) is 8.97. The molecule has 1 aromatic heterocycles. The zero-order chi connectivity index (χ0) is 25.5. The van der Waals surface area contributed by atoms with E-state index in [1.54, 1.807) is 6.07 Å². The van der Waals surface area contributed by atoms with Gasteiger partial charge in [-0.15, -0.1) is 0 Å². The highest BCUT2D eigenvalue weighted by Crippen LogP contribution is 2.42. The van der Waals surface area contributed by atoms with Crippen LogP contribution in [0.4, 0.5) is 0 Å². The van der Waals surface area contributed by atoms with Crippen LogP contribution in [0.5, 0.6) is 23.1 Å². The maximum atomic E-state index is 10.5. The smallest absolute Gasteiger partial charge is 0.217 e. The van der Waals surface area contributed by atoms with E-state index >= 15 is 0 Å². The highest BCUT2D eigenvalue weighted by molar-refractivity contribution is 6.20. The number of hydrogen-bond donors (Lipinski definition) is 3. The fourth-order valence-corrected chi connectivity index (χ4v) is 4.85. The molecule has 0 saturated carbocycles. The van der Waals surface area contributed by atoms with Gasteiger partial charge < -0.3 is 20.1 Å². The van der Waals surface area contributed by atoms with Crippen LogP contribution in [0.2, 0.25) is 0 Å². The molecule has 0 fully saturated rings. The molecule has 0 aliphatic heterocycles. The molecule has 6 aromatic rings. The quantitative estimate of drug-likeness (QED) is 0.223. The topological polar surface area (TPSA) is 95.7 Å². The summed E-state index contributed by atoms with van der Waals surface area (Å²) in [6, 6.07) is 27.0. The number of benzene rings is 5. The van der Waals surface area contributed by atoms with Crippen molar-refractivity contribution in [1.82, 2.24) is 9.97 Å².